The average molecular weight is 729 g/mol. The van der Waals surface area contributed by atoms with Gasteiger partial charge in [-0.2, -0.15) is 4.31 Å². The van der Waals surface area contributed by atoms with Gasteiger partial charge in [0, 0.05) is 56.4 Å². The van der Waals surface area contributed by atoms with Crippen molar-refractivity contribution in [2.75, 3.05) is 32.8 Å². The van der Waals surface area contributed by atoms with Crippen molar-refractivity contribution in [3.05, 3.63) is 100 Å². The first-order chi connectivity index (χ1) is 24.4. The number of rotatable bonds is 18. The highest BCUT2D eigenvalue weighted by Gasteiger charge is 2.36. The van der Waals surface area contributed by atoms with Crippen LogP contribution < -0.4 is 11.1 Å². The number of ether oxygens (including phenoxy) is 1. The van der Waals surface area contributed by atoms with Crippen LogP contribution in [0.4, 0.5) is 8.78 Å². The van der Waals surface area contributed by atoms with Crippen molar-refractivity contribution in [3.8, 4) is 0 Å². The lowest BCUT2D eigenvalue weighted by atomic mass is 10.0. The number of amides is 1. The number of nitrogens with two attached hydrogens (primary N) is 1. The highest BCUT2D eigenvalue weighted by molar-refractivity contribution is 7.89. The van der Waals surface area contributed by atoms with E-state index in [4.69, 9.17) is 10.5 Å². The van der Waals surface area contributed by atoms with E-state index in [-0.39, 0.29) is 47.7 Å². The zero-order chi connectivity index (χ0) is 37.1. The second kappa shape index (κ2) is 18.7. The minimum absolute atomic E-state index is 0.00897. The third-order valence-corrected chi connectivity index (χ3v) is 10.9. The van der Waals surface area contributed by atoms with Crippen LogP contribution in [-0.4, -0.2) is 85.6 Å². The number of nitrogens with one attached hydrogen (secondary N) is 1. The third kappa shape index (κ3) is 10.6. The highest BCUT2D eigenvalue weighted by Crippen LogP contribution is 2.28. The lowest BCUT2D eigenvalue weighted by Gasteiger charge is -2.26. The van der Waals surface area contributed by atoms with Gasteiger partial charge in [0.25, 0.3) is 5.91 Å². The summed E-state index contributed by atoms with van der Waals surface area (Å²) in [5, 5.41) is 13.1. The van der Waals surface area contributed by atoms with Crippen molar-refractivity contribution < 1.29 is 36.6 Å². The molecule has 1 aliphatic rings. The Bertz CT molecular complexity index is 1730. The molecule has 1 fully saturated rings. The Morgan fingerprint density at radius 1 is 0.980 bits per heavy atom. The summed E-state index contributed by atoms with van der Waals surface area (Å²) in [6.45, 7) is 7.09. The number of carbonyl (C=O) groups excluding carboxylic acids is 2. The van der Waals surface area contributed by atoms with Crippen molar-refractivity contribution in [3.63, 3.8) is 0 Å². The molecule has 51 heavy (non-hydrogen) atoms. The van der Waals surface area contributed by atoms with E-state index < -0.39 is 51.7 Å². The zero-order valence-electron chi connectivity index (χ0n) is 29.6. The van der Waals surface area contributed by atoms with Gasteiger partial charge >= 0.3 is 5.97 Å². The summed E-state index contributed by atoms with van der Waals surface area (Å²) in [6, 6.07) is 13.3. The van der Waals surface area contributed by atoms with Crippen molar-refractivity contribution in [1.82, 2.24) is 14.5 Å². The number of aliphatic hydroxyl groups is 1. The van der Waals surface area contributed by atoms with Crippen LogP contribution in [0.2, 0.25) is 0 Å². The van der Waals surface area contributed by atoms with Crippen LogP contribution in [0.25, 0.3) is 0 Å². The Morgan fingerprint density at radius 2 is 1.65 bits per heavy atom. The Kier molecular flexibility index (Phi) is 14.6. The van der Waals surface area contributed by atoms with Gasteiger partial charge in [0.15, 0.2) is 0 Å². The zero-order valence-corrected chi connectivity index (χ0v) is 30.4. The minimum Gasteiger partial charge on any atom is -0.456 e. The first-order valence-corrected chi connectivity index (χ1v) is 19.1. The van der Waals surface area contributed by atoms with E-state index >= 15 is 0 Å². The van der Waals surface area contributed by atoms with E-state index in [1.54, 1.807) is 4.90 Å². The van der Waals surface area contributed by atoms with Gasteiger partial charge in [0.2, 0.25) is 10.0 Å². The maximum Gasteiger partial charge on any atom is 0.338 e. The number of hydrogen-bond donors (Lipinski definition) is 3. The topological polar surface area (TPSA) is 142 Å². The van der Waals surface area contributed by atoms with E-state index in [1.165, 1.54) is 22.5 Å². The molecule has 0 bridgehead atoms. The first-order valence-electron chi connectivity index (χ1n) is 17.7. The van der Waals surface area contributed by atoms with Crippen LogP contribution in [-0.2, 0) is 34.1 Å². The first kappa shape index (κ1) is 40.0. The number of halogens is 2. The number of aryl methyl sites for hydroxylation is 1. The summed E-state index contributed by atoms with van der Waals surface area (Å²) < 4.78 is 63.1. The van der Waals surface area contributed by atoms with Gasteiger partial charge in [0.05, 0.1) is 17.1 Å². The second-order valence-electron chi connectivity index (χ2n) is 13.0. The Hall–Kier alpha value is -3.75. The number of carbonyl (C=O) groups is 2. The van der Waals surface area contributed by atoms with Crippen LogP contribution in [0.5, 0.6) is 0 Å². The monoisotopic (exact) mass is 728 g/mol. The van der Waals surface area contributed by atoms with E-state index in [1.807, 2.05) is 32.0 Å². The SMILES string of the molecule is CCCN(CCC)C(=O)c1cc(C(=O)OC(CNCc2cccc(CC)c2)C(N)Cc2cc(F)cc(F)c2)cc(S(=O)(=O)N2CCC[C@H]2CO)c1. The molecular weight excluding hydrogens is 679 g/mol. The number of nitrogens with zero attached hydrogens (tertiary/aromatic N) is 2. The van der Waals surface area contributed by atoms with E-state index in [0.29, 0.717) is 45.3 Å². The largest absolute Gasteiger partial charge is 0.456 e. The van der Waals surface area contributed by atoms with Crippen molar-refractivity contribution in [2.24, 2.45) is 5.73 Å². The minimum atomic E-state index is -4.22. The summed E-state index contributed by atoms with van der Waals surface area (Å²) in [6.07, 6.45) is 2.20. The van der Waals surface area contributed by atoms with Crippen LogP contribution in [0, 0.1) is 11.6 Å². The maximum atomic E-state index is 14.0. The quantitative estimate of drug-likeness (QED) is 0.159. The molecule has 1 aliphatic heterocycles. The fraction of sp³-hybridized carbons (Fsp3) is 0.474. The molecule has 0 spiro atoms. The van der Waals surface area contributed by atoms with Gasteiger partial charge < -0.3 is 25.8 Å². The Morgan fingerprint density at radius 3 is 2.29 bits per heavy atom. The van der Waals surface area contributed by atoms with Crippen LogP contribution in [0.15, 0.2) is 65.6 Å². The molecule has 4 N–H and O–H groups in total. The molecular formula is C38H50F2N4O6S. The molecule has 1 saturated heterocycles. The Balaban J connectivity index is 1.69. The smallest absolute Gasteiger partial charge is 0.338 e. The molecule has 0 saturated carbocycles. The van der Waals surface area contributed by atoms with Crippen molar-refractivity contribution in [1.29, 1.82) is 0 Å². The van der Waals surface area contributed by atoms with E-state index in [9.17, 15) is 31.9 Å². The lowest BCUT2D eigenvalue weighted by molar-refractivity contribution is 0.0237. The van der Waals surface area contributed by atoms with Gasteiger partial charge in [-0.25, -0.2) is 22.0 Å². The molecule has 0 aliphatic carbocycles. The Labute approximate surface area is 300 Å². The molecule has 2 unspecified atom stereocenters. The summed E-state index contributed by atoms with van der Waals surface area (Å²) >= 11 is 0. The molecule has 10 nitrogen and oxygen atoms in total. The van der Waals surface area contributed by atoms with Crippen LogP contribution in [0.1, 0.15) is 83.9 Å². The average Bonchev–Trinajstić information content (AvgIpc) is 3.60. The number of esters is 1. The summed E-state index contributed by atoms with van der Waals surface area (Å²) in [7, 11) is -4.22. The van der Waals surface area contributed by atoms with Crippen LogP contribution >= 0.6 is 0 Å². The summed E-state index contributed by atoms with van der Waals surface area (Å²) in [5.41, 5.74) is 8.81. The molecule has 3 aromatic rings. The van der Waals surface area contributed by atoms with Gasteiger partial charge in [-0.15, -0.1) is 0 Å². The normalized spacial score (nSPS) is 16.2. The summed E-state index contributed by atoms with van der Waals surface area (Å²) in [4.78, 5) is 29.1. The molecule has 0 aromatic heterocycles. The molecule has 0 radical (unpaired) electrons. The summed E-state index contributed by atoms with van der Waals surface area (Å²) in [5.74, 6) is -2.88. The molecule has 1 amide bonds. The molecule has 3 atom stereocenters. The van der Waals surface area contributed by atoms with Crippen LogP contribution in [0.3, 0.4) is 0 Å². The standard InChI is InChI=1S/C38H50F2N4O6S/c1-4-12-43(13-5-2)37(46)29-19-30(21-34(20-29)51(48,49)44-14-8-11-33(44)25-45)38(47)50-36(24-42-23-27-10-7-9-26(6-3)15-27)35(41)18-28-16-31(39)22-32(40)17-28/h7,9-10,15-17,19-22,33,35-36,42,45H,4-6,8,11-14,18,23-25,41H2,1-3H3/t33-,35?,36?/m0/s1. The second-order valence-corrected chi connectivity index (χ2v) is 14.9. The third-order valence-electron chi connectivity index (χ3n) is 9.01. The lowest BCUT2D eigenvalue weighted by Crippen LogP contribution is -2.46. The molecule has 3 aromatic carbocycles. The molecule has 13 heteroatoms. The predicted molar refractivity (Wildman–Crippen MR) is 192 cm³/mol. The number of hydrogen-bond acceptors (Lipinski definition) is 8. The number of benzene rings is 3. The maximum absolute atomic E-state index is 14.0. The van der Waals surface area contributed by atoms with Gasteiger partial charge in [-0.3, -0.25) is 4.79 Å². The highest BCUT2D eigenvalue weighted by atomic mass is 32.2. The number of sulfonamides is 1. The van der Waals surface area contributed by atoms with Crippen molar-refractivity contribution in [2.45, 2.75) is 88.9 Å². The molecule has 1 heterocycles. The fourth-order valence-electron chi connectivity index (χ4n) is 6.41. The predicted octanol–water partition coefficient (Wildman–Crippen LogP) is 4.82. The fourth-order valence-corrected chi connectivity index (χ4v) is 8.16. The van der Waals surface area contributed by atoms with E-state index in [0.717, 1.165) is 35.7 Å². The molecule has 278 valence electrons. The number of aliphatic hydroxyl groups excluding tert-OH is 1. The van der Waals surface area contributed by atoms with E-state index in [2.05, 4.69) is 18.3 Å². The van der Waals surface area contributed by atoms with Gasteiger partial charge in [0.1, 0.15) is 17.7 Å². The molecule has 4 rings (SSSR count). The van der Waals surface area contributed by atoms with Crippen molar-refractivity contribution >= 4 is 21.9 Å². The van der Waals surface area contributed by atoms with Gasteiger partial charge in [-0.1, -0.05) is 45.0 Å². The van der Waals surface area contributed by atoms with Gasteiger partial charge in [-0.05, 0) is 85.5 Å².